The summed E-state index contributed by atoms with van der Waals surface area (Å²) < 4.78 is 0. The molecule has 0 aromatic rings. The number of nitrogens with zero attached hydrogens (tertiary/aromatic N) is 1. The molecule has 0 amide bonds. The molecule has 1 rings (SSSR count). The van der Waals surface area contributed by atoms with Crippen molar-refractivity contribution in [2.45, 2.75) is 52.1 Å². The molecule has 0 bridgehead atoms. The van der Waals surface area contributed by atoms with Gasteiger partial charge in [-0.1, -0.05) is 20.8 Å². The minimum Gasteiger partial charge on any atom is -0.389 e. The van der Waals surface area contributed by atoms with Crippen LogP contribution in [0.5, 0.6) is 0 Å². The van der Waals surface area contributed by atoms with Gasteiger partial charge in [0, 0.05) is 19.6 Å². The summed E-state index contributed by atoms with van der Waals surface area (Å²) in [5, 5.41) is 13.8. The van der Waals surface area contributed by atoms with Crippen molar-refractivity contribution in [2.75, 3.05) is 32.7 Å². The Balaban J connectivity index is 2.13. The van der Waals surface area contributed by atoms with Gasteiger partial charge in [0.25, 0.3) is 0 Å². The lowest BCUT2D eigenvalue weighted by Gasteiger charge is -2.35. The minimum absolute atomic E-state index is 0.435. The maximum Gasteiger partial charge on any atom is 0.0771 e. The average molecular weight is 242 g/mol. The lowest BCUT2D eigenvalue weighted by atomic mass is 9.79. The molecule has 17 heavy (non-hydrogen) atoms. The first-order valence-electron chi connectivity index (χ1n) is 7.25. The lowest BCUT2D eigenvalue weighted by molar-refractivity contribution is -0.00622. The molecule has 102 valence electrons. The van der Waals surface area contributed by atoms with Crippen LogP contribution in [0, 0.1) is 5.92 Å². The second kappa shape index (κ2) is 7.34. The Morgan fingerprint density at radius 1 is 1.24 bits per heavy atom. The zero-order valence-corrected chi connectivity index (χ0v) is 11.8. The lowest BCUT2D eigenvalue weighted by Crippen LogP contribution is -2.45. The van der Waals surface area contributed by atoms with Crippen LogP contribution in [0.3, 0.4) is 0 Å². The average Bonchev–Trinajstić information content (AvgIpc) is 2.34. The summed E-state index contributed by atoms with van der Waals surface area (Å²) in [7, 11) is 0. The van der Waals surface area contributed by atoms with E-state index >= 15 is 0 Å². The number of hydrogen-bond donors (Lipinski definition) is 2. The first kappa shape index (κ1) is 14.9. The highest BCUT2D eigenvalue weighted by atomic mass is 16.3. The monoisotopic (exact) mass is 242 g/mol. The summed E-state index contributed by atoms with van der Waals surface area (Å²) in [5.74, 6) is 0.797. The van der Waals surface area contributed by atoms with E-state index < -0.39 is 5.60 Å². The number of nitrogens with one attached hydrogen (secondary N) is 1. The van der Waals surface area contributed by atoms with Gasteiger partial charge in [-0.05, 0) is 44.7 Å². The Bertz CT molecular complexity index is 196. The second-order valence-corrected chi connectivity index (χ2v) is 5.61. The van der Waals surface area contributed by atoms with Gasteiger partial charge >= 0.3 is 0 Å². The Morgan fingerprint density at radius 2 is 1.82 bits per heavy atom. The molecular formula is C14H30N2O. The molecule has 1 aliphatic carbocycles. The van der Waals surface area contributed by atoms with Crippen molar-refractivity contribution < 1.29 is 5.11 Å². The predicted octanol–water partition coefficient (Wildman–Crippen LogP) is 1.86. The van der Waals surface area contributed by atoms with Crippen LogP contribution in [0.1, 0.15) is 46.5 Å². The van der Waals surface area contributed by atoms with Crippen molar-refractivity contribution in [2.24, 2.45) is 5.92 Å². The predicted molar refractivity (Wildman–Crippen MR) is 73.2 cm³/mol. The topological polar surface area (TPSA) is 35.5 Å². The van der Waals surface area contributed by atoms with Crippen LogP contribution in [0.2, 0.25) is 0 Å². The van der Waals surface area contributed by atoms with Gasteiger partial charge < -0.3 is 15.3 Å². The van der Waals surface area contributed by atoms with Crippen molar-refractivity contribution in [1.82, 2.24) is 10.2 Å². The smallest absolute Gasteiger partial charge is 0.0771 e. The van der Waals surface area contributed by atoms with Crippen LogP contribution in [0.4, 0.5) is 0 Å². The van der Waals surface area contributed by atoms with Gasteiger partial charge in [-0.25, -0.2) is 0 Å². The molecule has 0 unspecified atom stereocenters. The normalized spacial score (nSPS) is 29.8. The zero-order chi connectivity index (χ0) is 12.7. The van der Waals surface area contributed by atoms with Gasteiger partial charge in [0.15, 0.2) is 0 Å². The fourth-order valence-corrected chi connectivity index (χ4v) is 2.57. The molecule has 0 aromatic carbocycles. The van der Waals surface area contributed by atoms with Crippen LogP contribution in [-0.4, -0.2) is 48.3 Å². The number of likely N-dealkylation sites (N-methyl/N-ethyl adjacent to an activating group) is 1. The molecule has 0 radical (unpaired) electrons. The molecule has 0 aromatic heterocycles. The highest BCUT2D eigenvalue weighted by molar-refractivity contribution is 4.86. The van der Waals surface area contributed by atoms with Crippen molar-refractivity contribution in [3.8, 4) is 0 Å². The fourth-order valence-electron chi connectivity index (χ4n) is 2.57. The molecule has 1 fully saturated rings. The Labute approximate surface area is 107 Å². The number of rotatable bonds is 7. The van der Waals surface area contributed by atoms with E-state index in [1.807, 2.05) is 0 Å². The van der Waals surface area contributed by atoms with Crippen LogP contribution in [0.25, 0.3) is 0 Å². The van der Waals surface area contributed by atoms with Gasteiger partial charge in [-0.3, -0.25) is 0 Å². The molecule has 1 aliphatic rings. The first-order valence-corrected chi connectivity index (χ1v) is 7.25. The first-order chi connectivity index (χ1) is 8.09. The molecule has 2 N–H and O–H groups in total. The summed E-state index contributed by atoms with van der Waals surface area (Å²) >= 11 is 0. The summed E-state index contributed by atoms with van der Waals surface area (Å²) in [6.07, 6.45) is 4.28. The van der Waals surface area contributed by atoms with E-state index in [2.05, 4.69) is 31.0 Å². The Hall–Kier alpha value is -0.120. The van der Waals surface area contributed by atoms with Crippen molar-refractivity contribution >= 4 is 0 Å². The van der Waals surface area contributed by atoms with Gasteiger partial charge in [-0.2, -0.15) is 0 Å². The van der Waals surface area contributed by atoms with E-state index in [-0.39, 0.29) is 0 Å². The van der Waals surface area contributed by atoms with Gasteiger partial charge in [0.05, 0.1) is 5.60 Å². The largest absolute Gasteiger partial charge is 0.389 e. The minimum atomic E-state index is -0.435. The Kier molecular flexibility index (Phi) is 6.45. The molecule has 0 aliphatic heterocycles. The zero-order valence-electron chi connectivity index (χ0n) is 11.8. The summed E-state index contributed by atoms with van der Waals surface area (Å²) in [4.78, 5) is 2.40. The molecule has 3 nitrogen and oxygen atoms in total. The third kappa shape index (κ3) is 5.36. The SMILES string of the molecule is CCN(CC)CCNCC1(O)CCC(C)CC1. The van der Waals surface area contributed by atoms with Gasteiger partial charge in [0.2, 0.25) is 0 Å². The summed E-state index contributed by atoms with van der Waals surface area (Å²) in [6, 6.07) is 0. The summed E-state index contributed by atoms with van der Waals surface area (Å²) in [5.41, 5.74) is -0.435. The van der Waals surface area contributed by atoms with Crippen molar-refractivity contribution in [1.29, 1.82) is 0 Å². The van der Waals surface area contributed by atoms with Crippen molar-refractivity contribution in [3.05, 3.63) is 0 Å². The fraction of sp³-hybridized carbons (Fsp3) is 1.00. The van der Waals surface area contributed by atoms with E-state index in [1.165, 1.54) is 12.8 Å². The van der Waals surface area contributed by atoms with Crippen molar-refractivity contribution in [3.63, 3.8) is 0 Å². The third-order valence-corrected chi connectivity index (χ3v) is 4.16. The van der Waals surface area contributed by atoms with E-state index in [9.17, 15) is 5.11 Å². The molecule has 0 heterocycles. The van der Waals surface area contributed by atoms with Gasteiger partial charge in [-0.15, -0.1) is 0 Å². The van der Waals surface area contributed by atoms with E-state index in [0.717, 1.165) is 51.5 Å². The van der Waals surface area contributed by atoms with Crippen LogP contribution in [0.15, 0.2) is 0 Å². The van der Waals surface area contributed by atoms with E-state index in [1.54, 1.807) is 0 Å². The number of hydrogen-bond acceptors (Lipinski definition) is 3. The second-order valence-electron chi connectivity index (χ2n) is 5.61. The molecule has 1 saturated carbocycles. The molecule has 0 atom stereocenters. The van der Waals surface area contributed by atoms with E-state index in [0.29, 0.717) is 0 Å². The molecule has 0 saturated heterocycles. The third-order valence-electron chi connectivity index (χ3n) is 4.16. The molecule has 0 spiro atoms. The Morgan fingerprint density at radius 3 is 2.35 bits per heavy atom. The maximum absolute atomic E-state index is 10.4. The highest BCUT2D eigenvalue weighted by Crippen LogP contribution is 2.31. The number of aliphatic hydroxyl groups is 1. The highest BCUT2D eigenvalue weighted by Gasteiger charge is 2.31. The van der Waals surface area contributed by atoms with Crippen LogP contribution < -0.4 is 5.32 Å². The summed E-state index contributed by atoms with van der Waals surface area (Å²) in [6.45, 7) is 11.7. The van der Waals surface area contributed by atoms with E-state index in [4.69, 9.17) is 0 Å². The molecular weight excluding hydrogens is 212 g/mol. The van der Waals surface area contributed by atoms with Gasteiger partial charge in [0.1, 0.15) is 0 Å². The maximum atomic E-state index is 10.4. The van der Waals surface area contributed by atoms with Crippen LogP contribution in [-0.2, 0) is 0 Å². The quantitative estimate of drug-likeness (QED) is 0.669. The standard InChI is InChI=1S/C14H30N2O/c1-4-16(5-2)11-10-15-12-14(17)8-6-13(3)7-9-14/h13,15,17H,4-12H2,1-3H3. The van der Waals surface area contributed by atoms with Crippen LogP contribution >= 0.6 is 0 Å². The molecule has 3 heteroatoms.